The van der Waals surface area contributed by atoms with Crippen LogP contribution in [0, 0.1) is 5.41 Å². The molecule has 0 unspecified atom stereocenters. The van der Waals surface area contributed by atoms with Gasteiger partial charge in [0.2, 0.25) is 0 Å². The fraction of sp³-hybridized carbons (Fsp3) is 0.389. The van der Waals surface area contributed by atoms with Gasteiger partial charge in [0.1, 0.15) is 0 Å². The molecule has 0 aromatic heterocycles. The summed E-state index contributed by atoms with van der Waals surface area (Å²) in [7, 11) is -4.94. The molecule has 0 saturated carbocycles. The van der Waals surface area contributed by atoms with Crippen LogP contribution in [0.5, 0.6) is 0 Å². The highest BCUT2D eigenvalue weighted by Crippen LogP contribution is 2.37. The van der Waals surface area contributed by atoms with E-state index in [0.29, 0.717) is 12.3 Å². The van der Waals surface area contributed by atoms with Gasteiger partial charge in [-0.15, -0.1) is 0 Å². The van der Waals surface area contributed by atoms with Crippen molar-refractivity contribution in [2.45, 2.75) is 33.7 Å². The Morgan fingerprint density at radius 1 is 1.15 bits per heavy atom. The third-order valence-corrected chi connectivity index (χ3v) is 3.96. The van der Waals surface area contributed by atoms with Crippen LogP contribution in [0.3, 0.4) is 0 Å². The van der Waals surface area contributed by atoms with Crippen molar-refractivity contribution in [2.24, 2.45) is 5.41 Å². The quantitative estimate of drug-likeness (QED) is 0.582. The first-order valence-corrected chi connectivity index (χ1v) is 9.70. The SMILES string of the molecule is C[C@@H](C(=O)OP(=O)(O)O)N(OCC(C)(C)C)c1cccc2ccccc12. The lowest BCUT2D eigenvalue weighted by Gasteiger charge is -2.32. The van der Waals surface area contributed by atoms with Gasteiger partial charge in [0, 0.05) is 5.39 Å². The molecule has 2 aromatic rings. The maximum atomic E-state index is 12.2. The number of rotatable bonds is 6. The summed E-state index contributed by atoms with van der Waals surface area (Å²) >= 11 is 0. The van der Waals surface area contributed by atoms with Crippen molar-refractivity contribution >= 4 is 30.3 Å². The van der Waals surface area contributed by atoms with E-state index in [2.05, 4.69) is 4.52 Å². The molecule has 0 spiro atoms. The molecule has 0 heterocycles. The van der Waals surface area contributed by atoms with E-state index in [9.17, 15) is 9.36 Å². The van der Waals surface area contributed by atoms with Crippen LogP contribution in [0.25, 0.3) is 10.8 Å². The van der Waals surface area contributed by atoms with Gasteiger partial charge < -0.3 is 4.52 Å². The zero-order chi connectivity index (χ0) is 19.5. The van der Waals surface area contributed by atoms with Crippen LogP contribution >= 0.6 is 7.82 Å². The van der Waals surface area contributed by atoms with E-state index in [1.807, 2.05) is 57.2 Å². The minimum Gasteiger partial charge on any atom is -0.369 e. The molecular formula is C18H24NO6P. The second-order valence-electron chi connectivity index (χ2n) is 7.24. The summed E-state index contributed by atoms with van der Waals surface area (Å²) in [5.74, 6) is -1.07. The number of anilines is 1. The minimum absolute atomic E-state index is 0.185. The monoisotopic (exact) mass is 381 g/mol. The Bertz CT molecular complexity index is 821. The van der Waals surface area contributed by atoms with Gasteiger partial charge in [-0.3, -0.25) is 14.6 Å². The molecule has 0 saturated heterocycles. The number of phosphoric acid groups is 1. The predicted octanol–water partition coefficient (Wildman–Crippen LogP) is 3.65. The molecule has 0 bridgehead atoms. The molecule has 0 amide bonds. The molecule has 8 heteroatoms. The van der Waals surface area contributed by atoms with Crippen LogP contribution in [0.15, 0.2) is 42.5 Å². The lowest BCUT2D eigenvalue weighted by atomic mass is 9.99. The van der Waals surface area contributed by atoms with Crippen LogP contribution in [-0.4, -0.2) is 28.4 Å². The van der Waals surface area contributed by atoms with E-state index in [4.69, 9.17) is 14.6 Å². The largest absolute Gasteiger partial charge is 0.527 e. The smallest absolute Gasteiger partial charge is 0.369 e. The first-order chi connectivity index (χ1) is 12.0. The first-order valence-electron chi connectivity index (χ1n) is 8.17. The third kappa shape index (κ3) is 5.54. The number of hydrogen-bond acceptors (Lipinski definition) is 5. The number of fused-ring (bicyclic) bond motifs is 1. The minimum atomic E-state index is -4.94. The van der Waals surface area contributed by atoms with Crippen molar-refractivity contribution < 1.29 is 28.5 Å². The summed E-state index contributed by atoms with van der Waals surface area (Å²) in [5, 5.41) is 3.15. The van der Waals surface area contributed by atoms with E-state index < -0.39 is 19.8 Å². The molecule has 0 aliphatic rings. The van der Waals surface area contributed by atoms with Crippen molar-refractivity contribution in [1.29, 1.82) is 0 Å². The lowest BCUT2D eigenvalue weighted by Crippen LogP contribution is -2.41. The van der Waals surface area contributed by atoms with Gasteiger partial charge in [-0.25, -0.2) is 14.4 Å². The average Bonchev–Trinajstić information content (AvgIpc) is 2.52. The van der Waals surface area contributed by atoms with Gasteiger partial charge in [0.05, 0.1) is 12.3 Å². The number of nitrogens with zero attached hydrogens (tertiary/aromatic N) is 1. The molecule has 26 heavy (non-hydrogen) atoms. The number of hydrogen-bond donors (Lipinski definition) is 2. The van der Waals surface area contributed by atoms with Crippen LogP contribution < -0.4 is 5.06 Å². The van der Waals surface area contributed by atoms with E-state index >= 15 is 0 Å². The zero-order valence-electron chi connectivity index (χ0n) is 15.2. The predicted molar refractivity (Wildman–Crippen MR) is 99.4 cm³/mol. The Balaban J connectivity index is 2.43. The Hall–Kier alpha value is -1.92. The maximum Gasteiger partial charge on any atom is 0.527 e. The van der Waals surface area contributed by atoms with E-state index in [0.717, 1.165) is 10.8 Å². The van der Waals surface area contributed by atoms with Gasteiger partial charge in [-0.05, 0) is 23.8 Å². The van der Waals surface area contributed by atoms with Crippen LogP contribution in [0.2, 0.25) is 0 Å². The molecule has 142 valence electrons. The number of phosphoric ester groups is 1. The lowest BCUT2D eigenvalue weighted by molar-refractivity contribution is -0.139. The molecule has 7 nitrogen and oxygen atoms in total. The molecule has 0 aliphatic heterocycles. The Kier molecular flexibility index (Phi) is 6.09. The Morgan fingerprint density at radius 3 is 2.38 bits per heavy atom. The van der Waals surface area contributed by atoms with Crippen LogP contribution in [0.1, 0.15) is 27.7 Å². The number of carbonyl (C=O) groups is 1. The number of carbonyl (C=O) groups excluding carboxylic acids is 1. The first kappa shape index (κ1) is 20.4. The molecule has 1 atom stereocenters. The highest BCUT2D eigenvalue weighted by atomic mass is 31.2. The summed E-state index contributed by atoms with van der Waals surface area (Å²) in [6.07, 6.45) is 0. The van der Waals surface area contributed by atoms with Gasteiger partial charge in [-0.2, -0.15) is 0 Å². The topological polar surface area (TPSA) is 96.3 Å². The highest BCUT2D eigenvalue weighted by Gasteiger charge is 2.31. The third-order valence-electron chi connectivity index (χ3n) is 3.54. The molecule has 2 aromatic carbocycles. The normalized spacial score (nSPS) is 13.5. The van der Waals surface area contributed by atoms with Crippen LogP contribution in [-0.2, 0) is 18.7 Å². The van der Waals surface area contributed by atoms with Gasteiger partial charge in [-0.1, -0.05) is 57.2 Å². The summed E-state index contributed by atoms with van der Waals surface area (Å²) in [5.41, 5.74) is 0.429. The Labute approximate surface area is 152 Å². The summed E-state index contributed by atoms with van der Waals surface area (Å²) in [6.45, 7) is 7.71. The second kappa shape index (κ2) is 7.76. The standard InChI is InChI=1S/C18H24NO6P/c1-13(17(20)25-26(21,22)23)19(24-12-18(2,3)4)16-11-7-9-14-8-5-6-10-15(14)16/h5-11,13H,12H2,1-4H3,(H2,21,22,23)/t13-/m0/s1. The van der Waals surface area contributed by atoms with Crippen molar-refractivity contribution in [3.8, 4) is 0 Å². The van der Waals surface area contributed by atoms with E-state index in [-0.39, 0.29) is 5.41 Å². The van der Waals surface area contributed by atoms with Gasteiger partial charge in [0.15, 0.2) is 6.04 Å². The van der Waals surface area contributed by atoms with Gasteiger partial charge >= 0.3 is 13.8 Å². The highest BCUT2D eigenvalue weighted by molar-refractivity contribution is 7.46. The van der Waals surface area contributed by atoms with Gasteiger partial charge in [0.25, 0.3) is 0 Å². The number of benzene rings is 2. The zero-order valence-corrected chi connectivity index (χ0v) is 16.1. The van der Waals surface area contributed by atoms with E-state index in [1.54, 1.807) is 6.07 Å². The second-order valence-corrected chi connectivity index (χ2v) is 8.40. The summed E-state index contributed by atoms with van der Waals surface area (Å²) in [4.78, 5) is 35.9. The van der Waals surface area contributed by atoms with Crippen molar-refractivity contribution in [3.05, 3.63) is 42.5 Å². The molecular weight excluding hydrogens is 357 g/mol. The molecule has 0 fully saturated rings. The maximum absolute atomic E-state index is 12.2. The van der Waals surface area contributed by atoms with Crippen molar-refractivity contribution in [3.63, 3.8) is 0 Å². The van der Waals surface area contributed by atoms with E-state index in [1.165, 1.54) is 12.0 Å². The van der Waals surface area contributed by atoms with Crippen molar-refractivity contribution in [1.82, 2.24) is 0 Å². The summed E-state index contributed by atoms with van der Waals surface area (Å²) in [6, 6.07) is 12.1. The molecule has 0 radical (unpaired) electrons. The number of hydroxylamine groups is 1. The fourth-order valence-corrected chi connectivity index (χ4v) is 2.73. The molecule has 2 N–H and O–H groups in total. The molecule has 0 aliphatic carbocycles. The summed E-state index contributed by atoms with van der Waals surface area (Å²) < 4.78 is 15.3. The Morgan fingerprint density at radius 2 is 1.77 bits per heavy atom. The van der Waals surface area contributed by atoms with Crippen molar-refractivity contribution in [2.75, 3.05) is 11.7 Å². The van der Waals surface area contributed by atoms with Crippen LogP contribution in [0.4, 0.5) is 5.69 Å². The fourth-order valence-electron chi connectivity index (χ4n) is 2.34. The molecule has 2 rings (SSSR count). The average molecular weight is 381 g/mol.